The van der Waals surface area contributed by atoms with E-state index in [9.17, 15) is 9.59 Å². The molecule has 0 aliphatic rings. The number of para-hydroxylation sites is 2. The number of aromatic nitrogens is 1. The zero-order valence-corrected chi connectivity index (χ0v) is 18.4. The van der Waals surface area contributed by atoms with Gasteiger partial charge in [0.2, 0.25) is 0 Å². The molecule has 0 unspecified atom stereocenters. The van der Waals surface area contributed by atoms with Gasteiger partial charge in [-0.25, -0.2) is 9.78 Å². The first-order valence-electron chi connectivity index (χ1n) is 10.2. The molecule has 1 amide bonds. The van der Waals surface area contributed by atoms with Crippen molar-refractivity contribution in [2.75, 3.05) is 13.7 Å². The molecular formula is C25H22N2O4S. The molecular weight excluding hydrogens is 424 g/mol. The number of nitrogens with zero attached hydrogens (tertiary/aromatic N) is 1. The van der Waals surface area contributed by atoms with Gasteiger partial charge in [0.05, 0.1) is 12.7 Å². The molecule has 3 aromatic carbocycles. The molecule has 1 aromatic heterocycles. The Morgan fingerprint density at radius 3 is 2.53 bits per heavy atom. The molecule has 0 atom stereocenters. The van der Waals surface area contributed by atoms with E-state index in [1.165, 1.54) is 18.9 Å². The second kappa shape index (κ2) is 10.2. The van der Waals surface area contributed by atoms with Crippen LogP contribution in [0.5, 0.6) is 0 Å². The first-order valence-corrected chi connectivity index (χ1v) is 11.1. The van der Waals surface area contributed by atoms with Gasteiger partial charge in [0.1, 0.15) is 5.52 Å². The molecule has 0 fully saturated rings. The normalized spacial score (nSPS) is 10.8. The van der Waals surface area contributed by atoms with Crippen molar-refractivity contribution in [1.29, 1.82) is 0 Å². The molecule has 0 spiro atoms. The average molecular weight is 447 g/mol. The zero-order valence-electron chi connectivity index (χ0n) is 17.5. The Labute approximate surface area is 190 Å². The van der Waals surface area contributed by atoms with Gasteiger partial charge in [0, 0.05) is 17.9 Å². The third-order valence-electron chi connectivity index (χ3n) is 4.96. The lowest BCUT2D eigenvalue weighted by Crippen LogP contribution is -2.26. The molecule has 1 heterocycles. The van der Waals surface area contributed by atoms with Gasteiger partial charge in [-0.3, -0.25) is 4.79 Å². The molecule has 7 heteroatoms. The lowest BCUT2D eigenvalue weighted by atomic mass is 10.1. The monoisotopic (exact) mass is 446 g/mol. The van der Waals surface area contributed by atoms with E-state index in [1.54, 1.807) is 12.1 Å². The number of hydrogen-bond acceptors (Lipinski definition) is 6. The van der Waals surface area contributed by atoms with Crippen LogP contribution in [0.3, 0.4) is 0 Å². The van der Waals surface area contributed by atoms with Gasteiger partial charge in [0.25, 0.3) is 11.1 Å². The number of hydrogen-bond donors (Lipinski definition) is 1. The average Bonchev–Trinajstić information content (AvgIpc) is 3.26. The number of fused-ring (bicyclic) bond motifs is 1. The maximum absolute atomic E-state index is 12.8. The van der Waals surface area contributed by atoms with Crippen LogP contribution in [0.4, 0.5) is 0 Å². The van der Waals surface area contributed by atoms with Crippen molar-refractivity contribution in [3.8, 4) is 0 Å². The smallest absolute Gasteiger partial charge is 0.337 e. The minimum atomic E-state index is -0.364. The predicted octanol–water partition coefficient (Wildman–Crippen LogP) is 4.88. The highest BCUT2D eigenvalue weighted by molar-refractivity contribution is 7.98. The number of ether oxygens (including phenoxy) is 1. The molecule has 0 radical (unpaired) electrons. The van der Waals surface area contributed by atoms with Gasteiger partial charge >= 0.3 is 5.97 Å². The summed E-state index contributed by atoms with van der Waals surface area (Å²) in [4.78, 5) is 28.8. The van der Waals surface area contributed by atoms with E-state index < -0.39 is 0 Å². The van der Waals surface area contributed by atoms with Gasteiger partial charge < -0.3 is 14.5 Å². The quantitative estimate of drug-likeness (QED) is 0.307. The molecule has 4 aromatic rings. The summed E-state index contributed by atoms with van der Waals surface area (Å²) in [5.41, 5.74) is 4.65. The third kappa shape index (κ3) is 5.18. The summed E-state index contributed by atoms with van der Waals surface area (Å²) in [6.07, 6.45) is 0.660. The fourth-order valence-corrected chi connectivity index (χ4v) is 4.10. The van der Waals surface area contributed by atoms with Crippen LogP contribution in [0.25, 0.3) is 11.1 Å². The molecule has 32 heavy (non-hydrogen) atoms. The Hall–Kier alpha value is -3.58. The number of carbonyl (C=O) groups is 2. The van der Waals surface area contributed by atoms with Gasteiger partial charge in [-0.15, -0.1) is 0 Å². The Bertz CT molecular complexity index is 1200. The number of amides is 1. The summed E-state index contributed by atoms with van der Waals surface area (Å²) in [5.74, 6) is 0.0907. The van der Waals surface area contributed by atoms with E-state index in [0.717, 1.165) is 22.2 Å². The zero-order chi connectivity index (χ0) is 22.3. The Kier molecular flexibility index (Phi) is 6.87. The summed E-state index contributed by atoms with van der Waals surface area (Å²) in [6, 6.07) is 22.3. The first kappa shape index (κ1) is 21.6. The molecule has 162 valence electrons. The van der Waals surface area contributed by atoms with Crippen LogP contribution < -0.4 is 5.32 Å². The third-order valence-corrected chi connectivity index (χ3v) is 5.84. The summed E-state index contributed by atoms with van der Waals surface area (Å²) < 4.78 is 10.5. The van der Waals surface area contributed by atoms with E-state index in [0.29, 0.717) is 35.1 Å². The topological polar surface area (TPSA) is 81.4 Å². The maximum Gasteiger partial charge on any atom is 0.337 e. The Morgan fingerprint density at radius 1 is 1.00 bits per heavy atom. The second-order valence-corrected chi connectivity index (χ2v) is 8.01. The van der Waals surface area contributed by atoms with E-state index in [4.69, 9.17) is 9.15 Å². The number of carbonyl (C=O) groups excluding carboxylic acids is 2. The van der Waals surface area contributed by atoms with Crippen molar-refractivity contribution < 1.29 is 18.7 Å². The minimum absolute atomic E-state index is 0.120. The summed E-state index contributed by atoms with van der Waals surface area (Å²) in [6.45, 7) is 0.489. The van der Waals surface area contributed by atoms with Crippen molar-refractivity contribution in [2.45, 2.75) is 17.4 Å². The Morgan fingerprint density at radius 2 is 1.75 bits per heavy atom. The number of esters is 1. The summed E-state index contributed by atoms with van der Waals surface area (Å²) in [7, 11) is 1.36. The SMILES string of the molecule is COC(=O)c1ccc(CCNC(=O)c2ccccc2CSc2nc3ccccc3o2)cc1. The fourth-order valence-electron chi connectivity index (χ4n) is 3.26. The van der Waals surface area contributed by atoms with Crippen molar-refractivity contribution in [2.24, 2.45) is 0 Å². The summed E-state index contributed by atoms with van der Waals surface area (Å²) in [5, 5.41) is 3.56. The van der Waals surface area contributed by atoms with E-state index in [-0.39, 0.29) is 11.9 Å². The van der Waals surface area contributed by atoms with Crippen molar-refractivity contribution >= 4 is 34.7 Å². The van der Waals surface area contributed by atoms with Crippen LogP contribution >= 0.6 is 11.8 Å². The van der Waals surface area contributed by atoms with Crippen molar-refractivity contribution in [3.63, 3.8) is 0 Å². The Balaban J connectivity index is 1.34. The van der Waals surface area contributed by atoms with Crippen LogP contribution in [0.15, 0.2) is 82.4 Å². The number of rotatable bonds is 8. The van der Waals surface area contributed by atoms with Crippen molar-refractivity contribution in [3.05, 3.63) is 95.1 Å². The van der Waals surface area contributed by atoms with Gasteiger partial charge in [0.15, 0.2) is 5.58 Å². The van der Waals surface area contributed by atoms with Gasteiger partial charge in [-0.1, -0.05) is 54.2 Å². The number of methoxy groups -OCH3 is 1. The highest BCUT2D eigenvalue weighted by Gasteiger charge is 2.13. The largest absolute Gasteiger partial charge is 0.465 e. The summed E-state index contributed by atoms with van der Waals surface area (Å²) >= 11 is 1.46. The van der Waals surface area contributed by atoms with Crippen LogP contribution in [0.1, 0.15) is 31.8 Å². The predicted molar refractivity (Wildman–Crippen MR) is 124 cm³/mol. The number of thioether (sulfide) groups is 1. The molecule has 0 saturated carbocycles. The first-order chi connectivity index (χ1) is 15.6. The highest BCUT2D eigenvalue weighted by Crippen LogP contribution is 2.27. The fraction of sp³-hybridized carbons (Fsp3) is 0.160. The number of nitrogens with one attached hydrogen (secondary N) is 1. The maximum atomic E-state index is 12.8. The van der Waals surface area contributed by atoms with Crippen LogP contribution in [-0.2, 0) is 16.9 Å². The molecule has 0 saturated heterocycles. The number of oxazole rings is 1. The van der Waals surface area contributed by atoms with Crippen LogP contribution in [0.2, 0.25) is 0 Å². The lowest BCUT2D eigenvalue weighted by molar-refractivity contribution is 0.0600. The lowest BCUT2D eigenvalue weighted by Gasteiger charge is -2.10. The van der Waals surface area contributed by atoms with Crippen molar-refractivity contribution in [1.82, 2.24) is 10.3 Å². The molecule has 4 rings (SSSR count). The van der Waals surface area contributed by atoms with E-state index >= 15 is 0 Å². The molecule has 1 N–H and O–H groups in total. The van der Waals surface area contributed by atoms with Crippen LogP contribution in [-0.4, -0.2) is 30.5 Å². The number of benzene rings is 3. The molecule has 0 bridgehead atoms. The van der Waals surface area contributed by atoms with Gasteiger partial charge in [-0.05, 0) is 47.9 Å². The highest BCUT2D eigenvalue weighted by atomic mass is 32.2. The minimum Gasteiger partial charge on any atom is -0.465 e. The van der Waals surface area contributed by atoms with Crippen LogP contribution in [0, 0.1) is 0 Å². The second-order valence-electron chi connectivity index (χ2n) is 7.09. The standard InChI is InChI=1S/C25H22N2O4S/c1-30-24(29)18-12-10-17(11-13-18)14-15-26-23(28)20-7-3-2-6-19(20)16-32-25-27-21-8-4-5-9-22(21)31-25/h2-13H,14-16H2,1H3,(H,26,28). The molecule has 6 nitrogen and oxygen atoms in total. The molecule has 0 aliphatic carbocycles. The molecule has 0 aliphatic heterocycles. The van der Waals surface area contributed by atoms with E-state index in [2.05, 4.69) is 10.3 Å². The van der Waals surface area contributed by atoms with E-state index in [1.807, 2.05) is 60.7 Å². The van der Waals surface area contributed by atoms with Gasteiger partial charge in [-0.2, -0.15) is 0 Å².